The first-order valence-electron chi connectivity index (χ1n) is 16.8. The fraction of sp³-hybridized carbons (Fsp3) is 0.0652. The van der Waals surface area contributed by atoms with Gasteiger partial charge in [0.1, 0.15) is 0 Å². The lowest BCUT2D eigenvalue weighted by atomic mass is 9.81. The van der Waals surface area contributed by atoms with E-state index >= 15 is 0 Å². The van der Waals surface area contributed by atoms with Crippen LogP contribution in [0.5, 0.6) is 0 Å². The summed E-state index contributed by atoms with van der Waals surface area (Å²) in [7, 11) is 0. The van der Waals surface area contributed by atoms with E-state index in [0.717, 1.165) is 39.3 Å². The Hall–Kier alpha value is -6.19. The van der Waals surface area contributed by atoms with E-state index in [0.29, 0.717) is 5.82 Å². The summed E-state index contributed by atoms with van der Waals surface area (Å²) in [6.45, 7) is 4.70. The van der Waals surface area contributed by atoms with Crippen molar-refractivity contribution in [2.24, 2.45) is 0 Å². The largest absolute Gasteiger partial charge is 0.256 e. The zero-order chi connectivity index (χ0) is 33.0. The van der Waals surface area contributed by atoms with E-state index in [1.807, 2.05) is 42.6 Å². The van der Waals surface area contributed by atoms with Crippen LogP contribution in [-0.4, -0.2) is 15.0 Å². The molecule has 9 rings (SSSR count). The molecule has 1 aliphatic rings. The van der Waals surface area contributed by atoms with Crippen LogP contribution >= 0.6 is 0 Å². The molecule has 0 saturated heterocycles. The molecule has 2 heterocycles. The Bertz CT molecular complexity index is 2480. The van der Waals surface area contributed by atoms with Crippen LogP contribution in [0.25, 0.3) is 78.2 Å². The SMILES string of the molecule is CC1(C)c2cc3ccccc3cc2-c2c(-c3ccc(-c4cc(-c5ccc(-c6ccccn6)cc5)nc(-c5ccccc5)n4)cc3)cccc21. The van der Waals surface area contributed by atoms with Crippen molar-refractivity contribution >= 4 is 10.8 Å². The van der Waals surface area contributed by atoms with Gasteiger partial charge in [-0.15, -0.1) is 0 Å². The molecule has 2 aromatic heterocycles. The highest BCUT2D eigenvalue weighted by molar-refractivity contribution is 5.98. The number of benzene rings is 6. The van der Waals surface area contributed by atoms with Crippen molar-refractivity contribution in [3.05, 3.63) is 175 Å². The molecule has 0 unspecified atom stereocenters. The zero-order valence-corrected chi connectivity index (χ0v) is 27.4. The molecule has 0 fully saturated rings. The van der Waals surface area contributed by atoms with Crippen molar-refractivity contribution in [3.8, 4) is 67.4 Å². The molecule has 1 aliphatic carbocycles. The molecule has 0 aliphatic heterocycles. The van der Waals surface area contributed by atoms with Crippen molar-refractivity contribution in [3.63, 3.8) is 0 Å². The second kappa shape index (κ2) is 11.5. The van der Waals surface area contributed by atoms with Gasteiger partial charge < -0.3 is 0 Å². The lowest BCUT2D eigenvalue weighted by Crippen LogP contribution is -2.14. The second-order valence-corrected chi connectivity index (χ2v) is 13.3. The number of pyridine rings is 1. The highest BCUT2D eigenvalue weighted by Gasteiger charge is 2.37. The molecular formula is C46H33N3. The predicted octanol–water partition coefficient (Wildman–Crippen LogP) is 11.7. The lowest BCUT2D eigenvalue weighted by Gasteiger charge is -2.22. The van der Waals surface area contributed by atoms with Crippen LogP contribution < -0.4 is 0 Å². The Morgan fingerprint density at radius 2 is 1.00 bits per heavy atom. The van der Waals surface area contributed by atoms with Gasteiger partial charge in [0.25, 0.3) is 0 Å². The van der Waals surface area contributed by atoms with Gasteiger partial charge in [0.2, 0.25) is 0 Å². The lowest BCUT2D eigenvalue weighted by molar-refractivity contribution is 0.661. The molecule has 0 amide bonds. The molecule has 6 aromatic carbocycles. The number of fused-ring (bicyclic) bond motifs is 4. The molecule has 232 valence electrons. The maximum absolute atomic E-state index is 5.08. The number of aromatic nitrogens is 3. The maximum atomic E-state index is 5.08. The summed E-state index contributed by atoms with van der Waals surface area (Å²) < 4.78 is 0. The third-order valence-electron chi connectivity index (χ3n) is 9.96. The average molecular weight is 628 g/mol. The van der Waals surface area contributed by atoms with Gasteiger partial charge >= 0.3 is 0 Å². The molecular weight excluding hydrogens is 595 g/mol. The van der Waals surface area contributed by atoms with Crippen molar-refractivity contribution in [1.29, 1.82) is 0 Å². The Morgan fingerprint density at radius 3 is 1.65 bits per heavy atom. The standard InChI is InChI=1S/C46H33N3/c1-46(2)39-16-10-15-37(44(39)38-27-35-13-6-7-14-36(35)28-40(38)46)30-18-20-32(21-19-30)42-29-43(49-45(48-42)34-11-4-3-5-12-34)33-24-22-31(23-25-33)41-17-8-9-26-47-41/h3-29H,1-2H3. The summed E-state index contributed by atoms with van der Waals surface area (Å²) in [5.41, 5.74) is 14.7. The van der Waals surface area contributed by atoms with E-state index in [9.17, 15) is 0 Å². The molecule has 0 saturated carbocycles. The van der Waals surface area contributed by atoms with Crippen molar-refractivity contribution in [2.45, 2.75) is 19.3 Å². The van der Waals surface area contributed by atoms with Gasteiger partial charge in [-0.1, -0.05) is 141 Å². The Kier molecular flexibility index (Phi) is 6.80. The summed E-state index contributed by atoms with van der Waals surface area (Å²) in [6, 6.07) is 55.8. The van der Waals surface area contributed by atoms with Crippen molar-refractivity contribution < 1.29 is 0 Å². The van der Waals surface area contributed by atoms with Crippen LogP contribution in [0.4, 0.5) is 0 Å². The second-order valence-electron chi connectivity index (χ2n) is 13.3. The molecule has 0 bridgehead atoms. The Balaban J connectivity index is 1.12. The van der Waals surface area contributed by atoms with E-state index in [-0.39, 0.29) is 5.41 Å². The van der Waals surface area contributed by atoms with Crippen LogP contribution in [-0.2, 0) is 5.41 Å². The minimum atomic E-state index is -0.0777. The topological polar surface area (TPSA) is 38.7 Å². The van der Waals surface area contributed by atoms with Gasteiger partial charge in [-0.05, 0) is 74.5 Å². The third kappa shape index (κ3) is 5.03. The molecule has 0 N–H and O–H groups in total. The normalized spacial score (nSPS) is 12.9. The number of rotatable bonds is 5. The smallest absolute Gasteiger partial charge is 0.160 e. The summed E-state index contributed by atoms with van der Waals surface area (Å²) in [4.78, 5) is 14.6. The van der Waals surface area contributed by atoms with Crippen LogP contribution in [0.15, 0.2) is 164 Å². The average Bonchev–Trinajstić information content (AvgIpc) is 3.39. The summed E-state index contributed by atoms with van der Waals surface area (Å²) in [6.07, 6.45) is 1.82. The molecule has 49 heavy (non-hydrogen) atoms. The summed E-state index contributed by atoms with van der Waals surface area (Å²) >= 11 is 0. The first-order chi connectivity index (χ1) is 24.0. The van der Waals surface area contributed by atoms with E-state index in [4.69, 9.17) is 9.97 Å². The van der Waals surface area contributed by atoms with Crippen LogP contribution in [0, 0.1) is 0 Å². The fourth-order valence-electron chi connectivity index (χ4n) is 7.34. The summed E-state index contributed by atoms with van der Waals surface area (Å²) in [5.74, 6) is 0.706. The van der Waals surface area contributed by atoms with Crippen LogP contribution in [0.2, 0.25) is 0 Å². The van der Waals surface area contributed by atoms with E-state index in [1.54, 1.807) is 0 Å². The Labute approximate surface area is 286 Å². The number of hydrogen-bond acceptors (Lipinski definition) is 3. The van der Waals surface area contributed by atoms with Gasteiger partial charge in [0, 0.05) is 33.9 Å². The number of hydrogen-bond donors (Lipinski definition) is 0. The molecule has 0 spiro atoms. The highest BCUT2D eigenvalue weighted by atomic mass is 14.9. The third-order valence-corrected chi connectivity index (χ3v) is 9.96. The minimum absolute atomic E-state index is 0.0777. The molecule has 0 atom stereocenters. The minimum Gasteiger partial charge on any atom is -0.256 e. The molecule has 3 nitrogen and oxygen atoms in total. The van der Waals surface area contributed by atoms with Gasteiger partial charge in [0.05, 0.1) is 17.1 Å². The van der Waals surface area contributed by atoms with Gasteiger partial charge in [-0.3, -0.25) is 4.98 Å². The quantitative estimate of drug-likeness (QED) is 0.191. The maximum Gasteiger partial charge on any atom is 0.160 e. The Morgan fingerprint density at radius 1 is 0.408 bits per heavy atom. The highest BCUT2D eigenvalue weighted by Crippen LogP contribution is 2.53. The summed E-state index contributed by atoms with van der Waals surface area (Å²) in [5, 5.41) is 2.56. The predicted molar refractivity (Wildman–Crippen MR) is 202 cm³/mol. The molecule has 8 aromatic rings. The van der Waals surface area contributed by atoms with E-state index in [2.05, 4.69) is 140 Å². The fourth-order valence-corrected chi connectivity index (χ4v) is 7.34. The molecule has 0 radical (unpaired) electrons. The first-order valence-corrected chi connectivity index (χ1v) is 16.8. The van der Waals surface area contributed by atoms with Gasteiger partial charge in [-0.25, -0.2) is 9.97 Å². The van der Waals surface area contributed by atoms with Crippen molar-refractivity contribution in [1.82, 2.24) is 15.0 Å². The molecule has 3 heteroatoms. The zero-order valence-electron chi connectivity index (χ0n) is 27.4. The van der Waals surface area contributed by atoms with Crippen molar-refractivity contribution in [2.75, 3.05) is 0 Å². The number of nitrogens with zero attached hydrogens (tertiary/aromatic N) is 3. The van der Waals surface area contributed by atoms with Gasteiger partial charge in [0.15, 0.2) is 5.82 Å². The van der Waals surface area contributed by atoms with Crippen LogP contribution in [0.1, 0.15) is 25.0 Å². The van der Waals surface area contributed by atoms with Crippen LogP contribution in [0.3, 0.4) is 0 Å². The monoisotopic (exact) mass is 627 g/mol. The van der Waals surface area contributed by atoms with Gasteiger partial charge in [-0.2, -0.15) is 0 Å². The first kappa shape index (κ1) is 29.0. The van der Waals surface area contributed by atoms with E-state index < -0.39 is 0 Å². The van der Waals surface area contributed by atoms with E-state index in [1.165, 1.54) is 44.2 Å².